The first kappa shape index (κ1) is 9.25. The number of rotatable bonds is 0. The van der Waals surface area contributed by atoms with E-state index in [2.05, 4.69) is 20.9 Å². The summed E-state index contributed by atoms with van der Waals surface area (Å²) < 4.78 is 0.781. The zero-order valence-electron chi connectivity index (χ0n) is 6.39. The van der Waals surface area contributed by atoms with Crippen molar-refractivity contribution in [1.29, 1.82) is 0 Å². The maximum Gasteiger partial charge on any atom is 0.113 e. The summed E-state index contributed by atoms with van der Waals surface area (Å²) >= 11 is 15.2. The van der Waals surface area contributed by atoms with E-state index in [1.165, 1.54) is 0 Å². The van der Waals surface area contributed by atoms with Crippen LogP contribution in [0.5, 0.6) is 0 Å². The monoisotopic (exact) mass is 275 g/mol. The zero-order chi connectivity index (χ0) is 9.42. The first-order valence-electron chi connectivity index (χ1n) is 3.58. The van der Waals surface area contributed by atoms with E-state index in [1.54, 1.807) is 12.3 Å². The molecule has 0 fully saturated rings. The molecule has 0 spiro atoms. The number of nitrogens with zero attached hydrogens (tertiary/aromatic N) is 1. The Kier molecular flexibility index (Phi) is 2.45. The van der Waals surface area contributed by atoms with E-state index in [9.17, 15) is 0 Å². The Morgan fingerprint density at radius 1 is 1.08 bits per heavy atom. The normalized spacial score (nSPS) is 10.7. The van der Waals surface area contributed by atoms with E-state index in [0.717, 1.165) is 15.4 Å². The van der Waals surface area contributed by atoms with Crippen molar-refractivity contribution < 1.29 is 0 Å². The van der Waals surface area contributed by atoms with Crippen LogP contribution in [0.15, 0.2) is 29.0 Å². The van der Waals surface area contributed by atoms with Gasteiger partial charge in [-0.15, -0.1) is 0 Å². The molecule has 0 saturated heterocycles. The van der Waals surface area contributed by atoms with Crippen LogP contribution in [-0.2, 0) is 0 Å². The average molecular weight is 277 g/mol. The minimum absolute atomic E-state index is 0.562. The maximum absolute atomic E-state index is 6.02. The van der Waals surface area contributed by atoms with Crippen molar-refractivity contribution in [2.75, 3.05) is 0 Å². The maximum atomic E-state index is 6.02. The highest BCUT2D eigenvalue weighted by Gasteiger charge is 2.05. The largest absolute Gasteiger partial charge is 0.249 e. The predicted molar refractivity (Wildman–Crippen MR) is 59.5 cm³/mol. The number of fused-ring (bicyclic) bond motifs is 1. The van der Waals surface area contributed by atoms with Crippen molar-refractivity contribution in [2.24, 2.45) is 0 Å². The zero-order valence-corrected chi connectivity index (χ0v) is 9.49. The van der Waals surface area contributed by atoms with Crippen LogP contribution in [0.2, 0.25) is 10.0 Å². The lowest BCUT2D eigenvalue weighted by molar-refractivity contribution is 1.31. The molecule has 13 heavy (non-hydrogen) atoms. The molecule has 0 saturated carbocycles. The van der Waals surface area contributed by atoms with E-state index in [0.29, 0.717) is 10.0 Å². The smallest absolute Gasteiger partial charge is 0.113 e. The Bertz CT molecular complexity index is 470. The Morgan fingerprint density at radius 3 is 2.62 bits per heavy atom. The molecular weight excluding hydrogens is 273 g/mol. The van der Waals surface area contributed by atoms with Crippen molar-refractivity contribution >= 4 is 49.9 Å². The molecule has 0 bridgehead atoms. The standard InChI is InChI=1S/C9H4BrCl2N/c10-9-6-1-2-7(11)8(12)5(6)3-4-13-9/h1-4H. The van der Waals surface area contributed by atoms with Gasteiger partial charge in [-0.1, -0.05) is 29.3 Å². The fraction of sp³-hybridized carbons (Fsp3) is 0. The minimum atomic E-state index is 0.562. The van der Waals surface area contributed by atoms with Crippen LogP contribution in [0.4, 0.5) is 0 Å². The summed E-state index contributed by atoms with van der Waals surface area (Å²) in [6.07, 6.45) is 1.69. The van der Waals surface area contributed by atoms with Crippen LogP contribution in [0, 0.1) is 0 Å². The van der Waals surface area contributed by atoms with E-state index >= 15 is 0 Å². The number of halogens is 3. The third kappa shape index (κ3) is 1.54. The number of benzene rings is 1. The van der Waals surface area contributed by atoms with Crippen LogP contribution in [0.1, 0.15) is 0 Å². The molecule has 0 aliphatic heterocycles. The van der Waals surface area contributed by atoms with Gasteiger partial charge in [-0.2, -0.15) is 0 Å². The van der Waals surface area contributed by atoms with Gasteiger partial charge in [0, 0.05) is 17.0 Å². The second kappa shape index (κ2) is 3.45. The molecule has 2 aromatic rings. The summed E-state index contributed by atoms with van der Waals surface area (Å²) in [7, 11) is 0. The second-order valence-corrected chi connectivity index (χ2v) is 4.09. The van der Waals surface area contributed by atoms with Crippen molar-refractivity contribution in [3.63, 3.8) is 0 Å². The summed E-state index contributed by atoms with van der Waals surface area (Å²) in [6.45, 7) is 0. The van der Waals surface area contributed by atoms with Crippen LogP contribution < -0.4 is 0 Å². The van der Waals surface area contributed by atoms with Crippen molar-refractivity contribution in [1.82, 2.24) is 4.98 Å². The minimum Gasteiger partial charge on any atom is -0.249 e. The second-order valence-electron chi connectivity index (χ2n) is 2.56. The molecule has 0 aliphatic carbocycles. The third-order valence-corrected chi connectivity index (χ3v) is 3.23. The molecule has 1 heterocycles. The van der Waals surface area contributed by atoms with Crippen molar-refractivity contribution in [3.05, 3.63) is 39.0 Å². The van der Waals surface area contributed by atoms with Gasteiger partial charge in [0.1, 0.15) is 4.60 Å². The number of pyridine rings is 1. The molecule has 0 N–H and O–H groups in total. The molecule has 0 atom stereocenters. The Balaban J connectivity index is 2.94. The van der Waals surface area contributed by atoms with E-state index < -0.39 is 0 Å². The van der Waals surface area contributed by atoms with Crippen LogP contribution in [0.3, 0.4) is 0 Å². The summed E-state index contributed by atoms with van der Waals surface area (Å²) in [4.78, 5) is 4.09. The molecule has 0 amide bonds. The molecule has 1 aromatic carbocycles. The summed E-state index contributed by atoms with van der Waals surface area (Å²) in [5.41, 5.74) is 0. The first-order chi connectivity index (χ1) is 6.20. The molecule has 0 unspecified atom stereocenters. The fourth-order valence-corrected chi connectivity index (χ4v) is 2.01. The van der Waals surface area contributed by atoms with Gasteiger partial charge in [0.15, 0.2) is 0 Å². The number of hydrogen-bond acceptors (Lipinski definition) is 1. The fourth-order valence-electron chi connectivity index (χ4n) is 1.16. The highest BCUT2D eigenvalue weighted by Crippen LogP contribution is 2.32. The van der Waals surface area contributed by atoms with Crippen molar-refractivity contribution in [2.45, 2.75) is 0 Å². The molecule has 0 radical (unpaired) electrons. The topological polar surface area (TPSA) is 12.9 Å². The Labute approximate surface area is 93.8 Å². The van der Waals surface area contributed by atoms with Crippen LogP contribution in [-0.4, -0.2) is 4.98 Å². The predicted octanol–water partition coefficient (Wildman–Crippen LogP) is 4.30. The van der Waals surface area contributed by atoms with E-state index in [4.69, 9.17) is 23.2 Å². The lowest BCUT2D eigenvalue weighted by Gasteiger charge is -2.02. The molecule has 2 rings (SSSR count). The SMILES string of the molecule is Clc1ccc2c(Br)nccc2c1Cl. The highest BCUT2D eigenvalue weighted by molar-refractivity contribution is 9.10. The molecule has 66 valence electrons. The molecule has 0 aliphatic rings. The van der Waals surface area contributed by atoms with Gasteiger partial charge in [-0.25, -0.2) is 4.98 Å². The first-order valence-corrected chi connectivity index (χ1v) is 5.13. The van der Waals surface area contributed by atoms with Gasteiger partial charge < -0.3 is 0 Å². The Hall–Kier alpha value is -0.310. The molecule has 1 nitrogen and oxygen atoms in total. The number of aromatic nitrogens is 1. The Morgan fingerprint density at radius 2 is 1.85 bits per heavy atom. The van der Waals surface area contributed by atoms with Gasteiger partial charge >= 0.3 is 0 Å². The quantitative estimate of drug-likeness (QED) is 0.654. The van der Waals surface area contributed by atoms with Gasteiger partial charge in [0.2, 0.25) is 0 Å². The van der Waals surface area contributed by atoms with Crippen molar-refractivity contribution in [3.8, 4) is 0 Å². The molecular formula is C9H4BrCl2N. The summed E-state index contributed by atoms with van der Waals surface area (Å²) in [6, 6.07) is 5.49. The van der Waals surface area contributed by atoms with E-state index in [1.807, 2.05) is 12.1 Å². The van der Waals surface area contributed by atoms with Gasteiger partial charge in [0.05, 0.1) is 10.0 Å². The number of hydrogen-bond donors (Lipinski definition) is 0. The van der Waals surface area contributed by atoms with Crippen LogP contribution in [0.25, 0.3) is 10.8 Å². The van der Waals surface area contributed by atoms with Gasteiger partial charge in [-0.3, -0.25) is 0 Å². The van der Waals surface area contributed by atoms with E-state index in [-0.39, 0.29) is 0 Å². The summed E-state index contributed by atoms with van der Waals surface area (Å²) in [5, 5.41) is 3.02. The average Bonchev–Trinajstić information content (AvgIpc) is 2.12. The lowest BCUT2D eigenvalue weighted by Crippen LogP contribution is -1.80. The van der Waals surface area contributed by atoms with Gasteiger partial charge in [-0.05, 0) is 28.1 Å². The molecule has 4 heteroatoms. The van der Waals surface area contributed by atoms with Crippen LogP contribution >= 0.6 is 39.1 Å². The highest BCUT2D eigenvalue weighted by atomic mass is 79.9. The molecule has 1 aromatic heterocycles. The third-order valence-electron chi connectivity index (χ3n) is 1.78. The lowest BCUT2D eigenvalue weighted by atomic mass is 10.2. The van der Waals surface area contributed by atoms with Gasteiger partial charge in [0.25, 0.3) is 0 Å². The summed E-state index contributed by atoms with van der Waals surface area (Å²) in [5.74, 6) is 0.